The second-order valence-corrected chi connectivity index (χ2v) is 7.42. The van der Waals surface area contributed by atoms with E-state index in [1.165, 1.54) is 0 Å². The lowest BCUT2D eigenvalue weighted by molar-refractivity contribution is 0.580. The van der Waals surface area contributed by atoms with Crippen LogP contribution in [-0.2, 0) is 16.4 Å². The van der Waals surface area contributed by atoms with Gasteiger partial charge in [0.15, 0.2) is 0 Å². The molecule has 0 aliphatic carbocycles. The molecule has 2 aromatic carbocycles. The first-order valence-corrected chi connectivity index (χ1v) is 8.98. The third-order valence-corrected chi connectivity index (χ3v) is 5.49. The maximum atomic E-state index is 12.4. The molecule has 0 spiro atoms. The minimum atomic E-state index is -3.49. The van der Waals surface area contributed by atoms with Crippen LogP contribution in [0.3, 0.4) is 0 Å². The number of nitrogens with one attached hydrogen (secondary N) is 1. The number of hydrogen-bond acceptors (Lipinski definition) is 3. The Morgan fingerprint density at radius 2 is 1.83 bits per heavy atom. The Morgan fingerprint density at radius 1 is 1.04 bits per heavy atom. The highest BCUT2D eigenvalue weighted by Gasteiger charge is 2.14. The van der Waals surface area contributed by atoms with Gasteiger partial charge in [-0.2, -0.15) is 0 Å². The van der Waals surface area contributed by atoms with Crippen LogP contribution in [0.15, 0.2) is 58.0 Å². The van der Waals surface area contributed by atoms with Crippen molar-refractivity contribution in [1.82, 2.24) is 4.72 Å². The van der Waals surface area contributed by atoms with Crippen molar-refractivity contribution in [2.45, 2.75) is 25.2 Å². The molecule has 0 saturated heterocycles. The summed E-state index contributed by atoms with van der Waals surface area (Å²) in [5.74, 6) is 0. The molecule has 3 rings (SSSR count). The van der Waals surface area contributed by atoms with Crippen molar-refractivity contribution < 1.29 is 12.8 Å². The summed E-state index contributed by atoms with van der Waals surface area (Å²) < 4.78 is 32.8. The fraction of sp³-hybridized carbons (Fsp3) is 0.222. The van der Waals surface area contributed by atoms with E-state index in [1.54, 1.807) is 18.4 Å². The first kappa shape index (κ1) is 15.8. The molecule has 4 nitrogen and oxygen atoms in total. The molecular formula is C18H19NO3S. The number of fused-ring (bicyclic) bond motifs is 1. The molecule has 0 atom stereocenters. The zero-order valence-electron chi connectivity index (χ0n) is 13.2. The van der Waals surface area contributed by atoms with Crippen LogP contribution in [0.2, 0.25) is 0 Å². The average molecular weight is 329 g/mol. The van der Waals surface area contributed by atoms with E-state index in [0.717, 1.165) is 27.7 Å². The number of sulfonamides is 1. The molecule has 5 heteroatoms. The van der Waals surface area contributed by atoms with Gasteiger partial charge >= 0.3 is 0 Å². The van der Waals surface area contributed by atoms with Crippen LogP contribution in [0.25, 0.3) is 11.0 Å². The summed E-state index contributed by atoms with van der Waals surface area (Å²) in [5, 5.41) is 1.03. The quantitative estimate of drug-likeness (QED) is 0.778. The first-order chi connectivity index (χ1) is 11.0. The number of furan rings is 1. The predicted octanol–water partition coefficient (Wildman–Crippen LogP) is 3.57. The minimum Gasteiger partial charge on any atom is -0.464 e. The Kier molecular flexibility index (Phi) is 4.24. The fourth-order valence-electron chi connectivity index (χ4n) is 2.51. The number of para-hydroxylation sites is 1. The van der Waals surface area contributed by atoms with E-state index < -0.39 is 10.0 Å². The summed E-state index contributed by atoms with van der Waals surface area (Å²) in [5.41, 5.74) is 3.87. The van der Waals surface area contributed by atoms with Crippen LogP contribution in [0.1, 0.15) is 16.7 Å². The molecule has 1 heterocycles. The summed E-state index contributed by atoms with van der Waals surface area (Å²) in [6.45, 7) is 4.20. The Bertz CT molecular complexity index is 942. The van der Waals surface area contributed by atoms with Gasteiger partial charge < -0.3 is 4.42 Å². The molecule has 23 heavy (non-hydrogen) atoms. The van der Waals surface area contributed by atoms with Gasteiger partial charge in [-0.25, -0.2) is 13.1 Å². The zero-order chi connectivity index (χ0) is 16.4. The van der Waals surface area contributed by atoms with E-state index in [2.05, 4.69) is 4.72 Å². The fourth-order valence-corrected chi connectivity index (χ4v) is 3.63. The van der Waals surface area contributed by atoms with Gasteiger partial charge in [-0.15, -0.1) is 0 Å². The summed E-state index contributed by atoms with van der Waals surface area (Å²) in [6.07, 6.45) is 2.27. The highest BCUT2D eigenvalue weighted by molar-refractivity contribution is 7.89. The van der Waals surface area contributed by atoms with Gasteiger partial charge in [-0.1, -0.05) is 24.3 Å². The van der Waals surface area contributed by atoms with Crippen molar-refractivity contribution in [3.05, 3.63) is 65.4 Å². The summed E-state index contributed by atoms with van der Waals surface area (Å²) in [6, 6.07) is 12.9. The molecule has 1 aromatic heterocycles. The third-order valence-electron chi connectivity index (χ3n) is 4.04. The lowest BCUT2D eigenvalue weighted by atomic mass is 10.1. The van der Waals surface area contributed by atoms with Crippen molar-refractivity contribution in [2.75, 3.05) is 6.54 Å². The number of hydrogen-bond donors (Lipinski definition) is 1. The molecule has 0 radical (unpaired) electrons. The van der Waals surface area contributed by atoms with Gasteiger partial charge in [-0.3, -0.25) is 0 Å². The van der Waals surface area contributed by atoms with Crippen LogP contribution in [0, 0.1) is 13.8 Å². The summed E-state index contributed by atoms with van der Waals surface area (Å²) in [4.78, 5) is 0.303. The second-order valence-electron chi connectivity index (χ2n) is 5.65. The monoisotopic (exact) mass is 329 g/mol. The van der Waals surface area contributed by atoms with E-state index in [9.17, 15) is 8.42 Å². The third kappa shape index (κ3) is 3.30. The van der Waals surface area contributed by atoms with Crippen molar-refractivity contribution in [3.63, 3.8) is 0 Å². The normalized spacial score (nSPS) is 11.9. The van der Waals surface area contributed by atoms with Crippen molar-refractivity contribution in [3.8, 4) is 0 Å². The Labute approximate surface area is 136 Å². The Balaban J connectivity index is 1.71. The van der Waals surface area contributed by atoms with Gasteiger partial charge in [0, 0.05) is 11.9 Å². The molecular weight excluding hydrogens is 310 g/mol. The van der Waals surface area contributed by atoms with Crippen molar-refractivity contribution >= 4 is 21.0 Å². The van der Waals surface area contributed by atoms with E-state index in [0.29, 0.717) is 17.9 Å². The van der Waals surface area contributed by atoms with E-state index in [1.807, 2.05) is 44.2 Å². The molecule has 3 aromatic rings. The smallest absolute Gasteiger partial charge is 0.240 e. The molecule has 0 bridgehead atoms. The van der Waals surface area contributed by atoms with Crippen LogP contribution < -0.4 is 4.72 Å². The molecule has 0 fully saturated rings. The number of rotatable bonds is 5. The molecule has 0 saturated carbocycles. The lowest BCUT2D eigenvalue weighted by Crippen LogP contribution is -2.26. The van der Waals surface area contributed by atoms with E-state index in [-0.39, 0.29) is 0 Å². The van der Waals surface area contributed by atoms with Gasteiger partial charge in [0.25, 0.3) is 0 Å². The second kappa shape index (κ2) is 6.18. The molecule has 0 unspecified atom stereocenters. The van der Waals surface area contributed by atoms with Crippen molar-refractivity contribution in [2.24, 2.45) is 0 Å². The van der Waals surface area contributed by atoms with Crippen LogP contribution in [0.4, 0.5) is 0 Å². The largest absolute Gasteiger partial charge is 0.464 e. The maximum Gasteiger partial charge on any atom is 0.240 e. The van der Waals surface area contributed by atoms with Crippen LogP contribution in [-0.4, -0.2) is 15.0 Å². The summed E-state index contributed by atoms with van der Waals surface area (Å²) in [7, 11) is -3.49. The van der Waals surface area contributed by atoms with Gasteiger partial charge in [0.05, 0.1) is 11.2 Å². The highest BCUT2D eigenvalue weighted by Crippen LogP contribution is 2.21. The maximum absolute atomic E-state index is 12.4. The van der Waals surface area contributed by atoms with Crippen LogP contribution >= 0.6 is 0 Å². The van der Waals surface area contributed by atoms with Gasteiger partial charge in [0.1, 0.15) is 5.58 Å². The van der Waals surface area contributed by atoms with E-state index in [4.69, 9.17) is 4.42 Å². The molecule has 1 N–H and O–H groups in total. The molecule has 0 amide bonds. The highest BCUT2D eigenvalue weighted by atomic mass is 32.2. The molecule has 120 valence electrons. The zero-order valence-corrected chi connectivity index (χ0v) is 14.0. The first-order valence-electron chi connectivity index (χ1n) is 7.49. The Morgan fingerprint density at radius 3 is 2.61 bits per heavy atom. The Hall–Kier alpha value is -2.11. The van der Waals surface area contributed by atoms with Gasteiger partial charge in [-0.05, 0) is 55.2 Å². The summed E-state index contributed by atoms with van der Waals surface area (Å²) >= 11 is 0. The topological polar surface area (TPSA) is 59.3 Å². The molecule has 0 aliphatic heterocycles. The minimum absolute atomic E-state index is 0.303. The molecule has 0 aliphatic rings. The lowest BCUT2D eigenvalue weighted by Gasteiger charge is -2.08. The van der Waals surface area contributed by atoms with Crippen molar-refractivity contribution in [1.29, 1.82) is 0 Å². The standard InChI is InChI=1S/C18H19NO3S/c1-13-7-8-16(11-14(13)2)23(20,21)19-10-9-15-12-22-18-6-4-3-5-17(15)18/h3-8,11-12,19H,9-10H2,1-2H3. The number of benzene rings is 2. The average Bonchev–Trinajstić information content (AvgIpc) is 2.93. The predicted molar refractivity (Wildman–Crippen MR) is 91.0 cm³/mol. The van der Waals surface area contributed by atoms with Crippen LogP contribution in [0.5, 0.6) is 0 Å². The van der Waals surface area contributed by atoms with Gasteiger partial charge in [0.2, 0.25) is 10.0 Å². The van der Waals surface area contributed by atoms with E-state index >= 15 is 0 Å². The SMILES string of the molecule is Cc1ccc(S(=O)(=O)NCCc2coc3ccccc23)cc1C. The number of aryl methyl sites for hydroxylation is 2.